The third kappa shape index (κ3) is 2.06. The van der Waals surface area contributed by atoms with Crippen molar-refractivity contribution in [1.29, 1.82) is 0 Å². The Hall–Kier alpha value is -1.95. The molecule has 0 aromatic carbocycles. The summed E-state index contributed by atoms with van der Waals surface area (Å²) in [4.78, 5) is 15.9. The number of anilines is 1. The third-order valence-electron chi connectivity index (χ3n) is 3.55. The van der Waals surface area contributed by atoms with E-state index in [0.29, 0.717) is 6.54 Å². The van der Waals surface area contributed by atoms with Gasteiger partial charge < -0.3 is 9.88 Å². The summed E-state index contributed by atoms with van der Waals surface area (Å²) >= 11 is 1.72. The zero-order valence-corrected chi connectivity index (χ0v) is 12.9. The molecule has 3 rings (SSSR count). The Labute approximate surface area is 121 Å². The van der Waals surface area contributed by atoms with Gasteiger partial charge in [-0.1, -0.05) is 0 Å². The predicted molar refractivity (Wildman–Crippen MR) is 82.5 cm³/mol. The van der Waals surface area contributed by atoms with E-state index in [1.165, 1.54) is 10.4 Å². The number of rotatable bonds is 3. The number of hydrogen-bond donors (Lipinski definition) is 1. The van der Waals surface area contributed by atoms with Crippen molar-refractivity contribution in [2.24, 2.45) is 0 Å². The van der Waals surface area contributed by atoms with Crippen molar-refractivity contribution < 1.29 is 0 Å². The van der Waals surface area contributed by atoms with Crippen molar-refractivity contribution in [3.63, 3.8) is 0 Å². The number of nitrogens with one attached hydrogen (secondary N) is 1. The topological polar surface area (TPSA) is 55.6 Å². The number of thiophene rings is 1. The lowest BCUT2D eigenvalue weighted by Crippen LogP contribution is -2.07. The molecular formula is C14H17N5S. The molecule has 0 fully saturated rings. The second-order valence-corrected chi connectivity index (χ2v) is 6.01. The molecule has 0 aliphatic heterocycles. The maximum absolute atomic E-state index is 4.70. The van der Waals surface area contributed by atoms with E-state index in [1.807, 2.05) is 24.7 Å². The molecule has 3 aromatic rings. The molecule has 0 bridgehead atoms. The Bertz CT molecular complexity index is 771. The molecule has 0 spiro atoms. The van der Waals surface area contributed by atoms with Crippen LogP contribution in [0.3, 0.4) is 0 Å². The second kappa shape index (κ2) is 4.86. The van der Waals surface area contributed by atoms with Gasteiger partial charge in [-0.2, -0.15) is 0 Å². The van der Waals surface area contributed by atoms with E-state index in [9.17, 15) is 0 Å². The normalized spacial score (nSPS) is 11.2. The standard InChI is InChI=1S/C14H17N5S/c1-8-9(2)20-14-12(8)13(15-4)17-11(18-14)7-19-6-5-16-10(19)3/h5-6H,7H2,1-4H3,(H,15,17,18). The van der Waals surface area contributed by atoms with Crippen molar-refractivity contribution >= 4 is 27.4 Å². The van der Waals surface area contributed by atoms with Crippen molar-refractivity contribution in [3.8, 4) is 0 Å². The van der Waals surface area contributed by atoms with Crippen molar-refractivity contribution in [2.45, 2.75) is 27.3 Å². The van der Waals surface area contributed by atoms with Gasteiger partial charge in [0, 0.05) is 24.3 Å². The van der Waals surface area contributed by atoms with Crippen molar-refractivity contribution in [2.75, 3.05) is 12.4 Å². The maximum Gasteiger partial charge on any atom is 0.152 e. The summed E-state index contributed by atoms with van der Waals surface area (Å²) in [5, 5.41) is 4.33. The van der Waals surface area contributed by atoms with Gasteiger partial charge in [0.1, 0.15) is 16.5 Å². The Balaban J connectivity index is 2.11. The molecule has 6 heteroatoms. The van der Waals surface area contributed by atoms with E-state index >= 15 is 0 Å². The van der Waals surface area contributed by atoms with E-state index in [2.05, 4.69) is 29.1 Å². The first-order valence-corrected chi connectivity index (χ1v) is 7.34. The monoisotopic (exact) mass is 287 g/mol. The Morgan fingerprint density at radius 2 is 2.05 bits per heavy atom. The number of imidazole rings is 1. The molecule has 0 unspecified atom stereocenters. The minimum atomic E-state index is 0.645. The molecular weight excluding hydrogens is 270 g/mol. The number of aromatic nitrogens is 4. The highest BCUT2D eigenvalue weighted by atomic mass is 32.1. The highest BCUT2D eigenvalue weighted by Crippen LogP contribution is 2.33. The minimum absolute atomic E-state index is 0.645. The SMILES string of the molecule is CNc1nc(Cn2ccnc2C)nc2sc(C)c(C)c12. The molecule has 1 N–H and O–H groups in total. The smallest absolute Gasteiger partial charge is 0.152 e. The first kappa shape index (κ1) is 13.1. The Kier molecular flexibility index (Phi) is 3.17. The molecule has 0 radical (unpaired) electrons. The van der Waals surface area contributed by atoms with Crippen LogP contribution in [-0.4, -0.2) is 26.6 Å². The van der Waals surface area contributed by atoms with Crippen LogP contribution in [0.25, 0.3) is 10.2 Å². The van der Waals surface area contributed by atoms with Gasteiger partial charge in [0.2, 0.25) is 0 Å². The van der Waals surface area contributed by atoms with Crippen molar-refractivity contribution in [3.05, 3.63) is 34.5 Å². The summed E-state index contributed by atoms with van der Waals surface area (Å²) in [6, 6.07) is 0. The first-order chi connectivity index (χ1) is 9.60. The molecule has 5 nitrogen and oxygen atoms in total. The average molecular weight is 287 g/mol. The van der Waals surface area contributed by atoms with Crippen LogP contribution in [0.2, 0.25) is 0 Å². The van der Waals surface area contributed by atoms with Gasteiger partial charge in [0.05, 0.1) is 11.9 Å². The highest BCUT2D eigenvalue weighted by Gasteiger charge is 2.14. The zero-order valence-electron chi connectivity index (χ0n) is 12.1. The zero-order chi connectivity index (χ0) is 14.3. The molecule has 0 saturated carbocycles. The van der Waals surface area contributed by atoms with Gasteiger partial charge in [-0.05, 0) is 26.3 Å². The first-order valence-electron chi connectivity index (χ1n) is 6.52. The predicted octanol–water partition coefficient (Wildman–Crippen LogP) is 2.90. The molecule has 0 aliphatic rings. The molecule has 0 atom stereocenters. The van der Waals surface area contributed by atoms with E-state index < -0.39 is 0 Å². The molecule has 104 valence electrons. The Morgan fingerprint density at radius 1 is 1.25 bits per heavy atom. The summed E-state index contributed by atoms with van der Waals surface area (Å²) in [5.74, 6) is 2.69. The summed E-state index contributed by atoms with van der Waals surface area (Å²) < 4.78 is 2.05. The number of nitrogens with zero attached hydrogens (tertiary/aromatic N) is 4. The van der Waals surface area contributed by atoms with E-state index in [-0.39, 0.29) is 0 Å². The van der Waals surface area contributed by atoms with Crippen molar-refractivity contribution in [1.82, 2.24) is 19.5 Å². The fourth-order valence-electron chi connectivity index (χ4n) is 2.27. The van der Waals surface area contributed by atoms with Crippen LogP contribution in [0.1, 0.15) is 22.1 Å². The lowest BCUT2D eigenvalue weighted by atomic mass is 10.2. The molecule has 0 amide bonds. The van der Waals surface area contributed by atoms with Crippen LogP contribution in [0.5, 0.6) is 0 Å². The summed E-state index contributed by atoms with van der Waals surface area (Å²) in [6.45, 7) is 6.88. The summed E-state index contributed by atoms with van der Waals surface area (Å²) in [5.41, 5.74) is 1.26. The van der Waals surface area contributed by atoms with Crippen LogP contribution in [-0.2, 0) is 6.54 Å². The number of aryl methyl sites for hydroxylation is 3. The van der Waals surface area contributed by atoms with Crippen LogP contribution < -0.4 is 5.32 Å². The van der Waals surface area contributed by atoms with Crippen LogP contribution in [0.4, 0.5) is 5.82 Å². The van der Waals surface area contributed by atoms with Crippen LogP contribution in [0, 0.1) is 20.8 Å². The molecule has 3 aromatic heterocycles. The molecule has 0 aliphatic carbocycles. The van der Waals surface area contributed by atoms with E-state index in [1.54, 1.807) is 17.5 Å². The van der Waals surface area contributed by atoms with Crippen LogP contribution >= 0.6 is 11.3 Å². The van der Waals surface area contributed by atoms with Gasteiger partial charge in [0.25, 0.3) is 0 Å². The second-order valence-electron chi connectivity index (χ2n) is 4.80. The fourth-order valence-corrected chi connectivity index (χ4v) is 3.32. The minimum Gasteiger partial charge on any atom is -0.372 e. The van der Waals surface area contributed by atoms with Gasteiger partial charge >= 0.3 is 0 Å². The molecule has 0 saturated heterocycles. The van der Waals surface area contributed by atoms with E-state index in [4.69, 9.17) is 4.98 Å². The number of hydrogen-bond acceptors (Lipinski definition) is 5. The quantitative estimate of drug-likeness (QED) is 0.804. The summed E-state index contributed by atoms with van der Waals surface area (Å²) in [7, 11) is 1.90. The lowest BCUT2D eigenvalue weighted by Gasteiger charge is -2.08. The molecule has 20 heavy (non-hydrogen) atoms. The summed E-state index contributed by atoms with van der Waals surface area (Å²) in [6.07, 6.45) is 3.75. The maximum atomic E-state index is 4.70. The van der Waals surface area contributed by atoms with Gasteiger partial charge in [0.15, 0.2) is 5.82 Å². The van der Waals surface area contributed by atoms with E-state index in [0.717, 1.165) is 27.7 Å². The molecule has 3 heterocycles. The van der Waals surface area contributed by atoms with Gasteiger partial charge in [-0.3, -0.25) is 0 Å². The largest absolute Gasteiger partial charge is 0.372 e. The lowest BCUT2D eigenvalue weighted by molar-refractivity contribution is 0.723. The van der Waals surface area contributed by atoms with Gasteiger partial charge in [-0.15, -0.1) is 11.3 Å². The number of fused-ring (bicyclic) bond motifs is 1. The third-order valence-corrected chi connectivity index (χ3v) is 4.65. The van der Waals surface area contributed by atoms with Gasteiger partial charge in [-0.25, -0.2) is 15.0 Å². The highest BCUT2D eigenvalue weighted by molar-refractivity contribution is 7.18. The Morgan fingerprint density at radius 3 is 2.70 bits per heavy atom. The van der Waals surface area contributed by atoms with Crippen LogP contribution in [0.15, 0.2) is 12.4 Å². The average Bonchev–Trinajstić information content (AvgIpc) is 2.94. The fraction of sp³-hybridized carbons (Fsp3) is 0.357.